The van der Waals surface area contributed by atoms with E-state index in [0.717, 1.165) is 36.8 Å². The molecule has 196 valence electrons. The molecule has 1 unspecified atom stereocenters. The lowest BCUT2D eigenvalue weighted by atomic mass is 9.95. The zero-order chi connectivity index (χ0) is 26.6. The summed E-state index contributed by atoms with van der Waals surface area (Å²) in [7, 11) is 0. The first-order valence-electron chi connectivity index (χ1n) is 13.3. The van der Waals surface area contributed by atoms with Gasteiger partial charge in [0, 0.05) is 17.1 Å². The number of Topliss-reactive ketones (excluding diaryl/α,β-unsaturated/α-hetero) is 1. The van der Waals surface area contributed by atoms with Gasteiger partial charge in [-0.05, 0) is 50.3 Å². The maximum atomic E-state index is 13.6. The summed E-state index contributed by atoms with van der Waals surface area (Å²) >= 11 is 0. The molecule has 0 radical (unpaired) electrons. The molecule has 2 aromatic carbocycles. The largest absolute Gasteiger partial charge is 0.454 e. The molecule has 0 fully saturated rings. The molecule has 3 rings (SSSR count). The first-order valence-corrected chi connectivity index (χ1v) is 13.3. The number of ether oxygens (including phenoxy) is 1. The Hall–Kier alpha value is -3.51. The topological polar surface area (TPSA) is 89.1 Å². The molecule has 6 heteroatoms. The Morgan fingerprint density at radius 2 is 1.68 bits per heavy atom. The van der Waals surface area contributed by atoms with Crippen LogP contribution in [0.3, 0.4) is 0 Å². The van der Waals surface area contributed by atoms with Crippen LogP contribution < -0.4 is 10.6 Å². The van der Waals surface area contributed by atoms with E-state index in [9.17, 15) is 14.4 Å². The fourth-order valence-corrected chi connectivity index (χ4v) is 4.53. The summed E-state index contributed by atoms with van der Waals surface area (Å²) in [6, 6.07) is 15.4. The molecule has 1 amide bonds. The fraction of sp³-hybridized carbons (Fsp3) is 0.387. The maximum Gasteiger partial charge on any atom is 0.333 e. The number of benzene rings is 2. The lowest BCUT2D eigenvalue weighted by Crippen LogP contribution is -2.88. The molecule has 0 bridgehead atoms. The van der Waals surface area contributed by atoms with Gasteiger partial charge in [-0.1, -0.05) is 80.1 Å². The van der Waals surface area contributed by atoms with Crippen LogP contribution in [0.2, 0.25) is 0 Å². The van der Waals surface area contributed by atoms with E-state index in [-0.39, 0.29) is 23.7 Å². The number of rotatable bonds is 13. The number of esters is 1. The van der Waals surface area contributed by atoms with Crippen molar-refractivity contribution in [1.29, 1.82) is 0 Å². The fourth-order valence-electron chi connectivity index (χ4n) is 4.53. The summed E-state index contributed by atoms with van der Waals surface area (Å²) < 4.78 is 6.08. The van der Waals surface area contributed by atoms with Gasteiger partial charge in [-0.2, -0.15) is 0 Å². The van der Waals surface area contributed by atoms with Crippen molar-refractivity contribution in [3.63, 3.8) is 0 Å². The van der Waals surface area contributed by atoms with Crippen molar-refractivity contribution in [2.45, 2.75) is 58.6 Å². The van der Waals surface area contributed by atoms with Gasteiger partial charge in [0.25, 0.3) is 5.91 Å². The van der Waals surface area contributed by atoms with Gasteiger partial charge in [0.15, 0.2) is 12.1 Å². The average Bonchev–Trinajstić information content (AvgIpc) is 2.93. The van der Waals surface area contributed by atoms with Crippen LogP contribution in [0, 0.1) is 12.8 Å². The van der Waals surface area contributed by atoms with Gasteiger partial charge in [-0.25, -0.2) is 4.79 Å². The highest BCUT2D eigenvalue weighted by Gasteiger charge is 2.31. The van der Waals surface area contributed by atoms with Gasteiger partial charge < -0.3 is 15.4 Å². The number of amides is 1. The smallest absolute Gasteiger partial charge is 0.333 e. The number of nitrogens with one attached hydrogen (secondary N) is 1. The van der Waals surface area contributed by atoms with Crippen molar-refractivity contribution < 1.29 is 24.4 Å². The quantitative estimate of drug-likeness (QED) is 0.401. The Kier molecular flexibility index (Phi) is 10.8. The Morgan fingerprint density at radius 1 is 0.973 bits per heavy atom. The van der Waals surface area contributed by atoms with E-state index in [0.29, 0.717) is 24.2 Å². The van der Waals surface area contributed by atoms with Gasteiger partial charge in [0.2, 0.25) is 5.78 Å². The number of ketones is 1. The number of quaternary nitrogens is 1. The van der Waals surface area contributed by atoms with Crippen LogP contribution in [0.4, 0.5) is 0 Å². The monoisotopic (exact) mass is 503 g/mol. The van der Waals surface area contributed by atoms with Gasteiger partial charge in [-0.15, -0.1) is 0 Å². The summed E-state index contributed by atoms with van der Waals surface area (Å²) in [5.74, 6) is -0.610. The normalized spacial score (nSPS) is 14.5. The van der Waals surface area contributed by atoms with Crippen LogP contribution in [0.15, 0.2) is 78.4 Å². The SMILES string of the molecule is CCC(CC)[C@H](C[NH2+]CC(=O)C1=CCCC=C1)OC(=O)C(NC(=O)c1ccccc1)c1ccc(C)cc1. The van der Waals surface area contributed by atoms with Crippen molar-refractivity contribution in [3.05, 3.63) is 95.1 Å². The van der Waals surface area contributed by atoms with Gasteiger partial charge >= 0.3 is 5.97 Å². The van der Waals surface area contributed by atoms with Crippen molar-refractivity contribution in [2.24, 2.45) is 5.92 Å². The minimum atomic E-state index is -0.940. The number of nitrogens with two attached hydrogens (primary N) is 1. The highest BCUT2D eigenvalue weighted by molar-refractivity contribution is 5.99. The predicted octanol–water partition coefficient (Wildman–Crippen LogP) is 4.22. The van der Waals surface area contributed by atoms with E-state index >= 15 is 0 Å². The molecule has 3 N–H and O–H groups in total. The molecular weight excluding hydrogens is 464 g/mol. The zero-order valence-corrected chi connectivity index (χ0v) is 22.1. The molecule has 0 saturated carbocycles. The molecule has 0 spiro atoms. The third-order valence-electron chi connectivity index (χ3n) is 6.85. The molecule has 1 aliphatic carbocycles. The van der Waals surface area contributed by atoms with Crippen LogP contribution in [0.25, 0.3) is 0 Å². The predicted molar refractivity (Wildman–Crippen MR) is 145 cm³/mol. The summed E-state index contributed by atoms with van der Waals surface area (Å²) in [5, 5.41) is 4.80. The van der Waals surface area contributed by atoms with Crippen molar-refractivity contribution in [3.8, 4) is 0 Å². The van der Waals surface area contributed by atoms with Crippen molar-refractivity contribution in [2.75, 3.05) is 13.1 Å². The van der Waals surface area contributed by atoms with Crippen LogP contribution in [0.5, 0.6) is 0 Å². The van der Waals surface area contributed by atoms with Gasteiger partial charge in [0.1, 0.15) is 13.1 Å². The van der Waals surface area contributed by atoms with Crippen LogP contribution in [0.1, 0.15) is 67.1 Å². The second-order valence-corrected chi connectivity index (χ2v) is 9.53. The first-order chi connectivity index (χ1) is 17.9. The molecule has 2 aromatic rings. The van der Waals surface area contributed by atoms with E-state index in [4.69, 9.17) is 4.74 Å². The number of carbonyl (C=O) groups is 3. The van der Waals surface area contributed by atoms with Gasteiger partial charge in [-0.3, -0.25) is 9.59 Å². The Morgan fingerprint density at radius 3 is 2.30 bits per heavy atom. The standard InChI is InChI=1S/C31H38N2O4/c1-4-23(5-2)28(21-32-20-27(34)24-12-8-6-9-13-24)37-31(36)29(25-18-16-22(3)17-19-25)33-30(35)26-14-10-7-11-15-26/h7-8,10-19,23,28-29,32H,4-6,9,20-21H2,1-3H3,(H,33,35)/p+1/t28-,29?/m0/s1. The van der Waals surface area contributed by atoms with E-state index in [1.807, 2.05) is 60.8 Å². The van der Waals surface area contributed by atoms with Gasteiger partial charge in [0.05, 0.1) is 0 Å². The molecule has 0 saturated heterocycles. The first kappa shape index (κ1) is 28.1. The highest BCUT2D eigenvalue weighted by atomic mass is 16.5. The lowest BCUT2D eigenvalue weighted by molar-refractivity contribution is -0.650. The number of hydrogen-bond acceptors (Lipinski definition) is 4. The van der Waals surface area contributed by atoms with E-state index < -0.39 is 12.0 Å². The van der Waals surface area contributed by atoms with Crippen molar-refractivity contribution >= 4 is 17.7 Å². The van der Waals surface area contributed by atoms with Crippen LogP contribution in [-0.4, -0.2) is 36.9 Å². The molecule has 0 heterocycles. The van der Waals surface area contributed by atoms with Crippen LogP contribution in [-0.2, 0) is 14.3 Å². The van der Waals surface area contributed by atoms with E-state index in [1.165, 1.54) is 0 Å². The number of carbonyl (C=O) groups excluding carboxylic acids is 3. The summed E-state index contributed by atoms with van der Waals surface area (Å²) in [4.78, 5) is 39.1. The third-order valence-corrected chi connectivity index (χ3v) is 6.85. The third kappa shape index (κ3) is 8.25. The second-order valence-electron chi connectivity index (χ2n) is 9.53. The van der Waals surface area contributed by atoms with Crippen LogP contribution >= 0.6 is 0 Å². The number of aryl methyl sites for hydroxylation is 1. The molecule has 2 atom stereocenters. The Bertz CT molecular complexity index is 1100. The lowest BCUT2D eigenvalue weighted by Gasteiger charge is -2.27. The summed E-state index contributed by atoms with van der Waals surface area (Å²) in [6.07, 6.45) is 9.06. The minimum absolute atomic E-state index is 0.0817. The summed E-state index contributed by atoms with van der Waals surface area (Å²) in [6.45, 7) is 6.91. The van der Waals surface area contributed by atoms with E-state index in [2.05, 4.69) is 19.2 Å². The van der Waals surface area contributed by atoms with Crippen molar-refractivity contribution in [1.82, 2.24) is 5.32 Å². The maximum absolute atomic E-state index is 13.6. The molecule has 37 heavy (non-hydrogen) atoms. The minimum Gasteiger partial charge on any atom is -0.454 e. The number of allylic oxidation sites excluding steroid dienone is 3. The molecule has 1 aliphatic rings. The Balaban J connectivity index is 1.73. The summed E-state index contributed by atoms with van der Waals surface area (Å²) in [5.41, 5.74) is 2.95. The van der Waals surface area contributed by atoms with E-state index in [1.54, 1.807) is 24.3 Å². The number of hydrogen-bond donors (Lipinski definition) is 2. The zero-order valence-electron chi connectivity index (χ0n) is 22.1. The Labute approximate surface area is 220 Å². The molecule has 0 aliphatic heterocycles. The molecule has 0 aromatic heterocycles. The second kappa shape index (κ2) is 14.3. The highest BCUT2D eigenvalue weighted by Crippen LogP contribution is 2.21. The average molecular weight is 504 g/mol. The molecular formula is C31H39N2O4+. The molecule has 6 nitrogen and oxygen atoms in total.